The molecule has 0 radical (unpaired) electrons. The summed E-state index contributed by atoms with van der Waals surface area (Å²) in [5, 5.41) is -0.190. The maximum Gasteiger partial charge on any atom is 0.122 e. The molecule has 2 aromatic carbocycles. The molecule has 0 saturated heterocycles. The number of para-hydroxylation sites is 1. The van der Waals surface area contributed by atoms with Crippen molar-refractivity contribution < 1.29 is 14.2 Å². The van der Waals surface area contributed by atoms with Gasteiger partial charge in [-0.25, -0.2) is 0 Å². The zero-order chi connectivity index (χ0) is 15.2. The molecule has 2 rings (SSSR count). The molecule has 0 N–H and O–H groups in total. The van der Waals surface area contributed by atoms with Gasteiger partial charge in [-0.3, -0.25) is 0 Å². The van der Waals surface area contributed by atoms with E-state index < -0.39 is 0 Å². The first-order valence-electron chi connectivity index (χ1n) is 6.67. The molecule has 0 spiro atoms. The second-order valence-corrected chi connectivity index (χ2v) is 5.16. The van der Waals surface area contributed by atoms with E-state index in [0.29, 0.717) is 6.42 Å². The molecule has 0 aliphatic heterocycles. The zero-order valence-electron chi connectivity index (χ0n) is 12.4. The molecule has 0 bridgehead atoms. The summed E-state index contributed by atoms with van der Waals surface area (Å²) in [7, 11) is 4.92. The minimum atomic E-state index is -0.190. The van der Waals surface area contributed by atoms with Gasteiger partial charge in [0.25, 0.3) is 0 Å². The van der Waals surface area contributed by atoms with Crippen LogP contribution in [0, 0.1) is 0 Å². The second kappa shape index (κ2) is 7.23. The standard InChI is InChI=1S/C17H19ClO3/c1-19-14-8-13(9-15(11-14)20-2)16(18)10-12-6-4-5-7-17(12)21-3/h4-9,11,16H,10H2,1-3H3. The van der Waals surface area contributed by atoms with E-state index in [-0.39, 0.29) is 5.38 Å². The predicted octanol–water partition coefficient (Wildman–Crippen LogP) is 4.24. The fraction of sp³-hybridized carbons (Fsp3) is 0.294. The van der Waals surface area contributed by atoms with Crippen LogP contribution in [0.5, 0.6) is 17.2 Å². The van der Waals surface area contributed by atoms with Crippen molar-refractivity contribution in [3.63, 3.8) is 0 Å². The summed E-state index contributed by atoms with van der Waals surface area (Å²) in [5.41, 5.74) is 2.03. The van der Waals surface area contributed by atoms with Gasteiger partial charge in [0.2, 0.25) is 0 Å². The van der Waals surface area contributed by atoms with Crippen LogP contribution >= 0.6 is 11.6 Å². The number of hydrogen-bond acceptors (Lipinski definition) is 3. The molecular weight excluding hydrogens is 288 g/mol. The number of hydrogen-bond donors (Lipinski definition) is 0. The summed E-state index contributed by atoms with van der Waals surface area (Å²) in [5.74, 6) is 2.31. The van der Waals surface area contributed by atoms with Crippen LogP contribution in [0.15, 0.2) is 42.5 Å². The van der Waals surface area contributed by atoms with Crippen molar-refractivity contribution in [3.05, 3.63) is 53.6 Å². The summed E-state index contributed by atoms with van der Waals surface area (Å²) in [6.45, 7) is 0. The number of ether oxygens (including phenoxy) is 3. The third kappa shape index (κ3) is 3.82. The number of methoxy groups -OCH3 is 3. The van der Waals surface area contributed by atoms with E-state index in [0.717, 1.165) is 28.4 Å². The predicted molar refractivity (Wildman–Crippen MR) is 84.8 cm³/mol. The lowest BCUT2D eigenvalue weighted by Crippen LogP contribution is -2.00. The normalized spacial score (nSPS) is 11.8. The Morgan fingerprint density at radius 2 is 1.52 bits per heavy atom. The Hall–Kier alpha value is -1.87. The molecule has 112 valence electrons. The van der Waals surface area contributed by atoms with Crippen LogP contribution in [0.1, 0.15) is 16.5 Å². The Balaban J connectivity index is 2.25. The first kappa shape index (κ1) is 15.5. The molecule has 0 aromatic heterocycles. The van der Waals surface area contributed by atoms with Gasteiger partial charge in [0.15, 0.2) is 0 Å². The van der Waals surface area contributed by atoms with E-state index in [9.17, 15) is 0 Å². The molecule has 4 heteroatoms. The SMILES string of the molecule is COc1cc(OC)cc(C(Cl)Cc2ccccc2OC)c1. The van der Waals surface area contributed by atoms with Gasteiger partial charge in [-0.1, -0.05) is 18.2 Å². The van der Waals surface area contributed by atoms with Crippen LogP contribution in [0.3, 0.4) is 0 Å². The van der Waals surface area contributed by atoms with Crippen LogP contribution in [-0.2, 0) is 6.42 Å². The third-order valence-electron chi connectivity index (χ3n) is 3.33. The van der Waals surface area contributed by atoms with Gasteiger partial charge in [0.05, 0.1) is 26.7 Å². The van der Waals surface area contributed by atoms with Gasteiger partial charge < -0.3 is 14.2 Å². The quantitative estimate of drug-likeness (QED) is 0.747. The van der Waals surface area contributed by atoms with E-state index in [1.807, 2.05) is 42.5 Å². The minimum Gasteiger partial charge on any atom is -0.497 e. The van der Waals surface area contributed by atoms with Crippen molar-refractivity contribution >= 4 is 11.6 Å². The third-order valence-corrected chi connectivity index (χ3v) is 3.73. The van der Waals surface area contributed by atoms with E-state index in [2.05, 4.69) is 0 Å². The fourth-order valence-electron chi connectivity index (χ4n) is 2.19. The highest BCUT2D eigenvalue weighted by Gasteiger charge is 2.14. The van der Waals surface area contributed by atoms with Gasteiger partial charge in [0, 0.05) is 6.07 Å². The average molecular weight is 307 g/mol. The van der Waals surface area contributed by atoms with Crippen molar-refractivity contribution in [2.24, 2.45) is 0 Å². The first-order chi connectivity index (χ1) is 10.2. The highest BCUT2D eigenvalue weighted by atomic mass is 35.5. The van der Waals surface area contributed by atoms with Crippen LogP contribution in [0.25, 0.3) is 0 Å². The van der Waals surface area contributed by atoms with Gasteiger partial charge in [-0.05, 0) is 35.7 Å². The molecule has 3 nitrogen and oxygen atoms in total. The van der Waals surface area contributed by atoms with Gasteiger partial charge in [-0.15, -0.1) is 11.6 Å². The molecule has 0 fully saturated rings. The van der Waals surface area contributed by atoms with E-state index in [1.54, 1.807) is 21.3 Å². The molecular formula is C17H19ClO3. The average Bonchev–Trinajstić information content (AvgIpc) is 2.54. The Morgan fingerprint density at radius 1 is 0.905 bits per heavy atom. The first-order valence-corrected chi connectivity index (χ1v) is 7.10. The van der Waals surface area contributed by atoms with Crippen LogP contribution in [0.4, 0.5) is 0 Å². The largest absolute Gasteiger partial charge is 0.497 e. The fourth-order valence-corrected chi connectivity index (χ4v) is 2.49. The van der Waals surface area contributed by atoms with Crippen LogP contribution in [0.2, 0.25) is 0 Å². The van der Waals surface area contributed by atoms with Gasteiger partial charge >= 0.3 is 0 Å². The molecule has 1 unspecified atom stereocenters. The maximum absolute atomic E-state index is 6.56. The lowest BCUT2D eigenvalue weighted by atomic mass is 10.0. The van der Waals surface area contributed by atoms with Crippen LogP contribution in [-0.4, -0.2) is 21.3 Å². The molecule has 0 heterocycles. The summed E-state index contributed by atoms with van der Waals surface area (Å²) in [4.78, 5) is 0. The summed E-state index contributed by atoms with van der Waals surface area (Å²) in [6.07, 6.45) is 0.669. The van der Waals surface area contributed by atoms with Crippen molar-refractivity contribution in [1.82, 2.24) is 0 Å². The van der Waals surface area contributed by atoms with E-state index in [1.165, 1.54) is 0 Å². The lowest BCUT2D eigenvalue weighted by molar-refractivity contribution is 0.393. The topological polar surface area (TPSA) is 27.7 Å². The summed E-state index contributed by atoms with van der Waals surface area (Å²) in [6, 6.07) is 13.6. The molecule has 0 aliphatic rings. The molecule has 0 amide bonds. The summed E-state index contributed by atoms with van der Waals surface area (Å²) >= 11 is 6.56. The Kier molecular flexibility index (Phi) is 5.34. The number of halogens is 1. The number of rotatable bonds is 6. The highest BCUT2D eigenvalue weighted by Crippen LogP contribution is 2.33. The van der Waals surface area contributed by atoms with Crippen molar-refractivity contribution in [2.45, 2.75) is 11.8 Å². The van der Waals surface area contributed by atoms with E-state index in [4.69, 9.17) is 25.8 Å². The van der Waals surface area contributed by atoms with Gasteiger partial charge in [0.1, 0.15) is 17.2 Å². The molecule has 21 heavy (non-hydrogen) atoms. The number of benzene rings is 2. The molecule has 1 atom stereocenters. The Morgan fingerprint density at radius 3 is 2.10 bits per heavy atom. The maximum atomic E-state index is 6.56. The molecule has 0 aliphatic carbocycles. The van der Waals surface area contributed by atoms with Crippen molar-refractivity contribution in [3.8, 4) is 17.2 Å². The monoisotopic (exact) mass is 306 g/mol. The number of alkyl halides is 1. The lowest BCUT2D eigenvalue weighted by Gasteiger charge is -2.15. The second-order valence-electron chi connectivity index (χ2n) is 4.63. The van der Waals surface area contributed by atoms with Crippen LogP contribution < -0.4 is 14.2 Å². The Bertz CT molecular complexity index is 576. The van der Waals surface area contributed by atoms with Gasteiger partial charge in [-0.2, -0.15) is 0 Å². The molecule has 0 saturated carbocycles. The van der Waals surface area contributed by atoms with E-state index >= 15 is 0 Å². The zero-order valence-corrected chi connectivity index (χ0v) is 13.2. The molecule has 2 aromatic rings. The Labute approximate surface area is 130 Å². The van der Waals surface area contributed by atoms with Crippen molar-refractivity contribution in [1.29, 1.82) is 0 Å². The summed E-state index contributed by atoms with van der Waals surface area (Å²) < 4.78 is 15.9. The van der Waals surface area contributed by atoms with Crippen molar-refractivity contribution in [2.75, 3.05) is 21.3 Å². The highest BCUT2D eigenvalue weighted by molar-refractivity contribution is 6.21. The minimum absolute atomic E-state index is 0.190. The smallest absolute Gasteiger partial charge is 0.122 e.